The van der Waals surface area contributed by atoms with Crippen molar-refractivity contribution in [3.63, 3.8) is 0 Å². The van der Waals surface area contributed by atoms with Crippen LogP contribution in [-0.2, 0) is 4.74 Å². The van der Waals surface area contributed by atoms with Crippen molar-refractivity contribution in [1.82, 2.24) is 0 Å². The van der Waals surface area contributed by atoms with Gasteiger partial charge in [0, 0.05) is 0 Å². The summed E-state index contributed by atoms with van der Waals surface area (Å²) in [5.74, 6) is 0. The largest absolute Gasteiger partial charge is 0.372 e. The molecule has 0 unspecified atom stereocenters. The summed E-state index contributed by atoms with van der Waals surface area (Å²) in [5, 5.41) is 0. The van der Waals surface area contributed by atoms with E-state index in [2.05, 4.69) is 20.8 Å². The van der Waals surface area contributed by atoms with Crippen molar-refractivity contribution in [3.05, 3.63) is 6.61 Å². The molecule has 0 saturated heterocycles. The molecule has 0 aromatic heterocycles. The van der Waals surface area contributed by atoms with Gasteiger partial charge in [-0.05, 0) is 19.3 Å². The van der Waals surface area contributed by atoms with E-state index >= 15 is 0 Å². The van der Waals surface area contributed by atoms with E-state index in [-0.39, 0.29) is 5.41 Å². The van der Waals surface area contributed by atoms with Crippen LogP contribution in [0.1, 0.15) is 34.6 Å². The van der Waals surface area contributed by atoms with Gasteiger partial charge in [-0.2, -0.15) is 0 Å². The van der Waals surface area contributed by atoms with E-state index < -0.39 is 0 Å². The van der Waals surface area contributed by atoms with E-state index in [9.17, 15) is 0 Å². The Morgan fingerprint density at radius 3 is 1.78 bits per heavy atom. The van der Waals surface area contributed by atoms with Crippen LogP contribution in [0.2, 0.25) is 0 Å². The van der Waals surface area contributed by atoms with Crippen LogP contribution in [0.4, 0.5) is 0 Å². The van der Waals surface area contributed by atoms with Gasteiger partial charge in [-0.25, -0.2) is 0 Å². The molecule has 0 atom stereocenters. The minimum Gasteiger partial charge on any atom is -0.372 e. The van der Waals surface area contributed by atoms with E-state index in [1.54, 1.807) is 0 Å². The Hall–Kier alpha value is -0.0400. The second-order valence-electron chi connectivity index (χ2n) is 3.67. The minimum atomic E-state index is 0.185. The van der Waals surface area contributed by atoms with Gasteiger partial charge < -0.3 is 4.74 Å². The molecule has 0 aliphatic rings. The first-order valence-corrected chi connectivity index (χ1v) is 3.41. The van der Waals surface area contributed by atoms with Gasteiger partial charge in [0.25, 0.3) is 0 Å². The molecule has 0 heterocycles. The lowest BCUT2D eigenvalue weighted by Gasteiger charge is -2.18. The number of hydrogen-bond donors (Lipinski definition) is 0. The van der Waals surface area contributed by atoms with E-state index in [0.29, 0.717) is 6.10 Å². The second-order valence-corrected chi connectivity index (χ2v) is 3.67. The topological polar surface area (TPSA) is 9.23 Å². The maximum atomic E-state index is 5.28. The predicted molar refractivity (Wildman–Crippen MR) is 40.0 cm³/mol. The summed E-state index contributed by atoms with van der Waals surface area (Å²) in [7, 11) is 0. The smallest absolute Gasteiger partial charge is 0.0893 e. The zero-order valence-electron chi connectivity index (χ0n) is 7.06. The van der Waals surface area contributed by atoms with Crippen LogP contribution < -0.4 is 0 Å². The Morgan fingerprint density at radius 2 is 1.67 bits per heavy atom. The average Bonchev–Trinajstić information content (AvgIpc) is 1.59. The van der Waals surface area contributed by atoms with Gasteiger partial charge in [-0.1, -0.05) is 20.8 Å². The zero-order valence-corrected chi connectivity index (χ0v) is 7.06. The second kappa shape index (κ2) is 3.21. The molecule has 0 spiro atoms. The molecule has 1 nitrogen and oxygen atoms in total. The Morgan fingerprint density at radius 1 is 1.22 bits per heavy atom. The molecule has 55 valence electrons. The molecule has 0 aromatic carbocycles. The summed E-state index contributed by atoms with van der Waals surface area (Å²) in [6.45, 7) is 12.3. The predicted octanol–water partition coefficient (Wildman–Crippen LogP) is 2.62. The summed E-state index contributed by atoms with van der Waals surface area (Å²) >= 11 is 0. The van der Waals surface area contributed by atoms with Gasteiger partial charge in [0.15, 0.2) is 0 Å². The molecule has 0 aliphatic heterocycles. The van der Waals surface area contributed by atoms with Crippen molar-refractivity contribution in [2.45, 2.75) is 40.7 Å². The lowest BCUT2D eigenvalue weighted by molar-refractivity contribution is 0.0895. The third-order valence-corrected chi connectivity index (χ3v) is 0.694. The standard InChI is InChI=1S/C8H17O/c1-7(2)9-6-8(3,4)5/h6-7H,1-5H3. The van der Waals surface area contributed by atoms with Crippen molar-refractivity contribution in [2.75, 3.05) is 0 Å². The molecule has 0 bridgehead atoms. The quantitative estimate of drug-likeness (QED) is 0.557. The van der Waals surface area contributed by atoms with Crippen LogP contribution in [0.5, 0.6) is 0 Å². The molecule has 9 heavy (non-hydrogen) atoms. The summed E-state index contributed by atoms with van der Waals surface area (Å²) in [6, 6.07) is 0. The average molecular weight is 129 g/mol. The first-order chi connectivity index (χ1) is 3.92. The highest BCUT2D eigenvalue weighted by Crippen LogP contribution is 2.18. The third kappa shape index (κ3) is 7.96. The van der Waals surface area contributed by atoms with Crippen LogP contribution in [0, 0.1) is 12.0 Å². The Labute approximate surface area is 58.4 Å². The van der Waals surface area contributed by atoms with E-state index in [0.717, 1.165) is 0 Å². The molecular formula is C8H17O. The molecule has 0 amide bonds. The maximum absolute atomic E-state index is 5.28. The van der Waals surface area contributed by atoms with E-state index in [1.165, 1.54) is 0 Å². The summed E-state index contributed by atoms with van der Waals surface area (Å²) in [5.41, 5.74) is 0.185. The highest BCUT2D eigenvalue weighted by molar-refractivity contribution is 4.71. The highest BCUT2D eigenvalue weighted by Gasteiger charge is 2.11. The van der Waals surface area contributed by atoms with Gasteiger partial charge in [0.1, 0.15) is 0 Å². The van der Waals surface area contributed by atoms with Crippen LogP contribution in [0.25, 0.3) is 0 Å². The molecular weight excluding hydrogens is 112 g/mol. The first-order valence-electron chi connectivity index (χ1n) is 3.41. The maximum Gasteiger partial charge on any atom is 0.0893 e. The monoisotopic (exact) mass is 129 g/mol. The molecule has 0 aromatic rings. The van der Waals surface area contributed by atoms with Crippen LogP contribution in [-0.4, -0.2) is 6.10 Å². The van der Waals surface area contributed by atoms with Crippen molar-refractivity contribution < 1.29 is 4.74 Å². The van der Waals surface area contributed by atoms with E-state index in [4.69, 9.17) is 4.74 Å². The van der Waals surface area contributed by atoms with Gasteiger partial charge >= 0.3 is 0 Å². The fourth-order valence-corrected chi connectivity index (χ4v) is 0.340. The number of ether oxygens (including phenoxy) is 1. The third-order valence-electron chi connectivity index (χ3n) is 0.694. The van der Waals surface area contributed by atoms with Crippen LogP contribution in [0.15, 0.2) is 0 Å². The molecule has 1 radical (unpaired) electrons. The van der Waals surface area contributed by atoms with Crippen molar-refractivity contribution in [1.29, 1.82) is 0 Å². The molecule has 0 saturated carbocycles. The molecule has 0 N–H and O–H groups in total. The fourth-order valence-electron chi connectivity index (χ4n) is 0.340. The molecule has 0 aliphatic carbocycles. The lowest BCUT2D eigenvalue weighted by Crippen LogP contribution is -2.12. The molecule has 1 heteroatoms. The first kappa shape index (κ1) is 8.96. The zero-order chi connectivity index (χ0) is 7.49. The van der Waals surface area contributed by atoms with Gasteiger partial charge in [-0.3, -0.25) is 0 Å². The van der Waals surface area contributed by atoms with Crippen LogP contribution in [0.3, 0.4) is 0 Å². The molecule has 0 fully saturated rings. The minimum absolute atomic E-state index is 0.185. The Kier molecular flexibility index (Phi) is 3.20. The summed E-state index contributed by atoms with van der Waals surface area (Å²) in [4.78, 5) is 0. The Balaban J connectivity index is 3.28. The van der Waals surface area contributed by atoms with Crippen LogP contribution >= 0.6 is 0 Å². The number of hydrogen-bond acceptors (Lipinski definition) is 1. The van der Waals surface area contributed by atoms with Gasteiger partial charge in [0.2, 0.25) is 0 Å². The van der Waals surface area contributed by atoms with Crippen molar-refractivity contribution in [2.24, 2.45) is 5.41 Å². The van der Waals surface area contributed by atoms with E-state index in [1.807, 2.05) is 20.5 Å². The van der Waals surface area contributed by atoms with Crippen molar-refractivity contribution >= 4 is 0 Å². The highest BCUT2D eigenvalue weighted by atomic mass is 16.5. The van der Waals surface area contributed by atoms with Gasteiger partial charge in [-0.15, -0.1) is 0 Å². The molecule has 0 rings (SSSR count). The lowest BCUT2D eigenvalue weighted by atomic mass is 9.99. The normalized spacial score (nSPS) is 12.7. The fraction of sp³-hybridized carbons (Fsp3) is 0.875. The SMILES string of the molecule is CC(C)O[CH]C(C)(C)C. The summed E-state index contributed by atoms with van der Waals surface area (Å²) in [6.07, 6.45) is 0.309. The van der Waals surface area contributed by atoms with Crippen molar-refractivity contribution in [3.8, 4) is 0 Å². The number of rotatable bonds is 2. The van der Waals surface area contributed by atoms with Gasteiger partial charge in [0.05, 0.1) is 12.7 Å². The Bertz CT molecular complexity index is 69.1. The summed E-state index contributed by atoms with van der Waals surface area (Å²) < 4.78 is 5.28.